The number of hydrogen-bond donors (Lipinski definition) is 2. The molecule has 0 aliphatic heterocycles. The fraction of sp³-hybridized carbons (Fsp3) is 0.333. The van der Waals surface area contributed by atoms with Crippen molar-refractivity contribution in [2.75, 3.05) is 26.4 Å². The van der Waals surface area contributed by atoms with Crippen molar-refractivity contribution >= 4 is 5.91 Å². The predicted molar refractivity (Wildman–Crippen MR) is 109 cm³/mol. The number of nitrogens with one attached hydrogen (secondary N) is 1. The molecule has 0 aliphatic rings. The Morgan fingerprint density at radius 2 is 1.93 bits per heavy atom. The van der Waals surface area contributed by atoms with Crippen molar-refractivity contribution in [2.45, 2.75) is 20.3 Å². The van der Waals surface area contributed by atoms with Gasteiger partial charge in [0.05, 0.1) is 25.5 Å². The lowest BCUT2D eigenvalue weighted by atomic mass is 10.0. The number of hydrogen-bond acceptors (Lipinski definition) is 6. The molecular weight excluding hydrogens is 370 g/mol. The summed E-state index contributed by atoms with van der Waals surface area (Å²) in [6, 6.07) is 13.7. The normalized spacial score (nSPS) is 10.9. The van der Waals surface area contributed by atoms with Gasteiger partial charge in [-0.1, -0.05) is 36.8 Å². The van der Waals surface area contributed by atoms with Gasteiger partial charge in [0.2, 0.25) is 0 Å². The number of rotatable bonds is 9. The molecule has 2 aromatic carbocycles. The molecule has 0 saturated heterocycles. The minimum absolute atomic E-state index is 0.0401. The van der Waals surface area contributed by atoms with Crippen LogP contribution in [0.3, 0.4) is 0 Å². The predicted octanol–water partition coefficient (Wildman–Crippen LogP) is 1.94. The van der Waals surface area contributed by atoms with E-state index in [2.05, 4.69) is 20.8 Å². The minimum Gasteiger partial charge on any atom is -0.394 e. The molecule has 1 heterocycles. The number of aliphatic hydroxyl groups excluding tert-OH is 1. The van der Waals surface area contributed by atoms with Gasteiger partial charge in [-0.05, 0) is 46.7 Å². The van der Waals surface area contributed by atoms with E-state index in [4.69, 9.17) is 9.84 Å². The van der Waals surface area contributed by atoms with Gasteiger partial charge in [-0.15, -0.1) is 5.10 Å². The van der Waals surface area contributed by atoms with Crippen molar-refractivity contribution in [3.63, 3.8) is 0 Å². The Kier molecular flexibility index (Phi) is 7.04. The summed E-state index contributed by atoms with van der Waals surface area (Å²) in [6.07, 6.45) is 0.672. The SMILES string of the molecule is CCc1nnnn1-c1cc(C(=O)NCCOCCO)cc(-c2ccc(C)cc2)c1. The topological polar surface area (TPSA) is 102 Å². The maximum Gasteiger partial charge on any atom is 0.251 e. The van der Waals surface area contributed by atoms with Crippen molar-refractivity contribution < 1.29 is 14.6 Å². The lowest BCUT2D eigenvalue weighted by Crippen LogP contribution is -2.27. The summed E-state index contributed by atoms with van der Waals surface area (Å²) in [7, 11) is 0. The Labute approximate surface area is 169 Å². The Hall–Kier alpha value is -3.10. The quantitative estimate of drug-likeness (QED) is 0.537. The summed E-state index contributed by atoms with van der Waals surface area (Å²) < 4.78 is 6.84. The maximum atomic E-state index is 12.7. The third-order valence-electron chi connectivity index (χ3n) is 4.43. The fourth-order valence-electron chi connectivity index (χ4n) is 2.91. The van der Waals surface area contributed by atoms with Gasteiger partial charge in [0, 0.05) is 18.5 Å². The lowest BCUT2D eigenvalue weighted by Gasteiger charge is -2.12. The molecule has 0 spiro atoms. The molecule has 1 aromatic heterocycles. The zero-order chi connectivity index (χ0) is 20.6. The van der Waals surface area contributed by atoms with Crippen molar-refractivity contribution in [1.29, 1.82) is 0 Å². The molecule has 0 unspecified atom stereocenters. The number of aromatic nitrogens is 4. The molecule has 0 radical (unpaired) electrons. The second kappa shape index (κ2) is 9.90. The number of tetrazole rings is 1. The highest BCUT2D eigenvalue weighted by Gasteiger charge is 2.14. The molecule has 0 aliphatic carbocycles. The molecule has 0 atom stereocenters. The molecule has 0 fully saturated rings. The van der Waals surface area contributed by atoms with Crippen LogP contribution in [0.1, 0.15) is 28.7 Å². The average Bonchev–Trinajstić information content (AvgIpc) is 3.22. The second-order valence-corrected chi connectivity index (χ2v) is 6.59. The fourth-order valence-corrected chi connectivity index (χ4v) is 2.91. The van der Waals surface area contributed by atoms with Crippen LogP contribution in [0, 0.1) is 6.92 Å². The van der Waals surface area contributed by atoms with E-state index in [0.29, 0.717) is 25.1 Å². The van der Waals surface area contributed by atoms with Crippen LogP contribution in [-0.2, 0) is 11.2 Å². The summed E-state index contributed by atoms with van der Waals surface area (Å²) >= 11 is 0. The van der Waals surface area contributed by atoms with E-state index >= 15 is 0 Å². The van der Waals surface area contributed by atoms with Crippen LogP contribution in [-0.4, -0.2) is 57.6 Å². The molecule has 0 saturated carbocycles. The number of aryl methyl sites for hydroxylation is 2. The number of benzene rings is 2. The number of carbonyl (C=O) groups excluding carboxylic acids is 1. The zero-order valence-corrected chi connectivity index (χ0v) is 16.6. The van der Waals surface area contributed by atoms with Gasteiger partial charge in [0.15, 0.2) is 5.82 Å². The molecule has 29 heavy (non-hydrogen) atoms. The zero-order valence-electron chi connectivity index (χ0n) is 16.6. The molecule has 3 rings (SSSR count). The van der Waals surface area contributed by atoms with Gasteiger partial charge in [-0.3, -0.25) is 4.79 Å². The highest BCUT2D eigenvalue weighted by molar-refractivity contribution is 5.96. The van der Waals surface area contributed by atoms with E-state index in [1.54, 1.807) is 10.7 Å². The standard InChI is InChI=1S/C21H25N5O3/c1-3-20-23-24-25-26(20)19-13-17(16-6-4-15(2)5-7-16)12-18(14-19)21(28)22-8-10-29-11-9-27/h4-7,12-14,27H,3,8-11H2,1-2H3,(H,22,28). The van der Waals surface area contributed by atoms with E-state index in [1.165, 1.54) is 5.56 Å². The monoisotopic (exact) mass is 395 g/mol. The Morgan fingerprint density at radius 1 is 1.14 bits per heavy atom. The number of aliphatic hydroxyl groups is 1. The van der Waals surface area contributed by atoms with E-state index in [-0.39, 0.29) is 19.1 Å². The van der Waals surface area contributed by atoms with Gasteiger partial charge in [0.25, 0.3) is 5.91 Å². The van der Waals surface area contributed by atoms with Gasteiger partial charge in [-0.2, -0.15) is 4.68 Å². The van der Waals surface area contributed by atoms with E-state index in [9.17, 15) is 4.79 Å². The molecule has 8 nitrogen and oxygen atoms in total. The second-order valence-electron chi connectivity index (χ2n) is 6.59. The molecule has 1 amide bonds. The van der Waals surface area contributed by atoms with Crippen molar-refractivity contribution in [3.8, 4) is 16.8 Å². The third-order valence-corrected chi connectivity index (χ3v) is 4.43. The van der Waals surface area contributed by atoms with Crippen LogP contribution in [0.4, 0.5) is 0 Å². The summed E-state index contributed by atoms with van der Waals surface area (Å²) in [5.41, 5.74) is 4.31. The lowest BCUT2D eigenvalue weighted by molar-refractivity contribution is 0.0838. The summed E-state index contributed by atoms with van der Waals surface area (Å²) in [6.45, 7) is 4.92. The van der Waals surface area contributed by atoms with Crippen LogP contribution in [0.5, 0.6) is 0 Å². The van der Waals surface area contributed by atoms with Crippen molar-refractivity contribution in [1.82, 2.24) is 25.5 Å². The van der Waals surface area contributed by atoms with Gasteiger partial charge in [-0.25, -0.2) is 0 Å². The minimum atomic E-state index is -0.209. The smallest absolute Gasteiger partial charge is 0.251 e. The molecule has 8 heteroatoms. The highest BCUT2D eigenvalue weighted by atomic mass is 16.5. The summed E-state index contributed by atoms with van der Waals surface area (Å²) in [5.74, 6) is 0.508. The first kappa shape index (κ1) is 20.6. The Bertz CT molecular complexity index is 953. The summed E-state index contributed by atoms with van der Waals surface area (Å²) in [4.78, 5) is 12.7. The molecule has 152 valence electrons. The highest BCUT2D eigenvalue weighted by Crippen LogP contribution is 2.25. The van der Waals surface area contributed by atoms with Crippen LogP contribution in [0.15, 0.2) is 42.5 Å². The van der Waals surface area contributed by atoms with Gasteiger partial charge >= 0.3 is 0 Å². The third kappa shape index (κ3) is 5.24. The molecular formula is C21H25N5O3. The molecule has 3 aromatic rings. The molecule has 0 bridgehead atoms. The van der Waals surface area contributed by atoms with Crippen LogP contribution in [0.25, 0.3) is 16.8 Å². The first-order valence-corrected chi connectivity index (χ1v) is 9.59. The maximum absolute atomic E-state index is 12.7. The summed E-state index contributed by atoms with van der Waals surface area (Å²) in [5, 5.41) is 23.5. The van der Waals surface area contributed by atoms with Crippen LogP contribution in [0.2, 0.25) is 0 Å². The molecule has 2 N–H and O–H groups in total. The largest absolute Gasteiger partial charge is 0.394 e. The van der Waals surface area contributed by atoms with Crippen molar-refractivity contribution in [2.24, 2.45) is 0 Å². The first-order chi connectivity index (χ1) is 14.1. The van der Waals surface area contributed by atoms with Crippen LogP contribution >= 0.6 is 0 Å². The van der Waals surface area contributed by atoms with E-state index < -0.39 is 0 Å². The van der Waals surface area contributed by atoms with Crippen LogP contribution < -0.4 is 5.32 Å². The van der Waals surface area contributed by atoms with E-state index in [0.717, 1.165) is 22.6 Å². The number of nitrogens with zero attached hydrogens (tertiary/aromatic N) is 4. The van der Waals surface area contributed by atoms with Crippen molar-refractivity contribution in [3.05, 3.63) is 59.4 Å². The Morgan fingerprint density at radius 3 is 2.66 bits per heavy atom. The Balaban J connectivity index is 1.92. The van der Waals surface area contributed by atoms with Gasteiger partial charge < -0.3 is 15.2 Å². The number of amides is 1. The average molecular weight is 395 g/mol. The number of ether oxygens (including phenoxy) is 1. The first-order valence-electron chi connectivity index (χ1n) is 9.59. The van der Waals surface area contributed by atoms with E-state index in [1.807, 2.05) is 50.2 Å². The van der Waals surface area contributed by atoms with Gasteiger partial charge in [0.1, 0.15) is 0 Å². The number of carbonyl (C=O) groups is 1.